The number of aliphatic hydroxyl groups excluding tert-OH is 3. The van der Waals surface area contributed by atoms with Crippen molar-refractivity contribution in [3.05, 3.63) is 83.1 Å². The quantitative estimate of drug-likeness (QED) is 0.112. The van der Waals surface area contributed by atoms with Crippen molar-refractivity contribution >= 4 is 0 Å². The molecule has 9 aliphatic heterocycles. The number of rotatable bonds is 14. The average Bonchev–Trinajstić information content (AvgIpc) is 4.20. The highest BCUT2D eigenvalue weighted by Gasteiger charge is 2.59. The third-order valence-electron chi connectivity index (χ3n) is 18.2. The Balaban J connectivity index is 0.000000148. The summed E-state index contributed by atoms with van der Waals surface area (Å²) in [6.45, 7) is 50.4. The van der Waals surface area contributed by atoms with Crippen LogP contribution >= 0.6 is 0 Å². The summed E-state index contributed by atoms with van der Waals surface area (Å²) in [5.41, 5.74) is -1.57. The number of ether oxygens (including phenoxy) is 9. The van der Waals surface area contributed by atoms with Crippen molar-refractivity contribution < 1.29 is 58.0 Å². The van der Waals surface area contributed by atoms with Crippen LogP contribution in [0.4, 0.5) is 0 Å². The molecule has 1 aliphatic carbocycles. The molecule has 24 atom stereocenters. The lowest BCUT2D eigenvalue weighted by Gasteiger charge is -2.43. The van der Waals surface area contributed by atoms with E-state index in [2.05, 4.69) is 65.5 Å². The van der Waals surface area contributed by atoms with Gasteiger partial charge in [-0.2, -0.15) is 0 Å². The van der Waals surface area contributed by atoms with Gasteiger partial charge in [-0.15, -0.1) is 13.2 Å². The van der Waals surface area contributed by atoms with Crippen LogP contribution in [0.3, 0.4) is 0 Å². The maximum Gasteiger partial charge on any atom is 0.223 e. The Morgan fingerprint density at radius 3 is 1.70 bits per heavy atom. The molecule has 76 heavy (non-hydrogen) atoms. The molecule has 9 heterocycles. The van der Waals surface area contributed by atoms with Gasteiger partial charge in [-0.1, -0.05) is 38.2 Å². The highest BCUT2D eigenvalue weighted by atomic mass is 16.6. The predicted octanol–water partition coefficient (Wildman–Crippen LogP) is 9.02. The van der Waals surface area contributed by atoms with E-state index in [1.807, 2.05) is 39.8 Å². The molecular weight excluding hydrogens is 969 g/mol. The zero-order chi connectivity index (χ0) is 55.0. The van der Waals surface area contributed by atoms with Gasteiger partial charge in [0.2, 0.25) is 24.2 Å². The van der Waals surface area contributed by atoms with Crippen LogP contribution in [0.25, 0.3) is 19.4 Å². The van der Waals surface area contributed by atoms with E-state index in [0.717, 1.165) is 89.9 Å². The third-order valence-corrected chi connectivity index (χ3v) is 18.2. The molecule has 16 heteroatoms. The molecule has 3 N–H and O–H groups in total. The maximum atomic E-state index is 9.72. The minimum Gasteiger partial charge on any atom is -0.394 e. The minimum absolute atomic E-state index is 0.0173. The molecule has 0 aromatic heterocycles. The molecule has 422 valence electrons. The molecule has 9 fully saturated rings. The van der Waals surface area contributed by atoms with Crippen molar-refractivity contribution in [2.24, 2.45) is 11.8 Å². The first-order chi connectivity index (χ1) is 36.3. The van der Waals surface area contributed by atoms with Gasteiger partial charge in [0.25, 0.3) is 0 Å². The second-order valence-corrected chi connectivity index (χ2v) is 24.1. The fourth-order valence-electron chi connectivity index (χ4n) is 13.5. The molecule has 9 saturated heterocycles. The predicted molar refractivity (Wildman–Crippen MR) is 287 cm³/mol. The van der Waals surface area contributed by atoms with E-state index >= 15 is 0 Å². The molecule has 0 amide bonds. The Morgan fingerprint density at radius 1 is 0.605 bits per heavy atom. The summed E-state index contributed by atoms with van der Waals surface area (Å²) < 4.78 is 54.9. The maximum absolute atomic E-state index is 9.72. The molecule has 0 unspecified atom stereocenters. The van der Waals surface area contributed by atoms with Gasteiger partial charge >= 0.3 is 0 Å². The van der Waals surface area contributed by atoms with E-state index in [1.165, 1.54) is 0 Å². The second kappa shape index (κ2) is 26.3. The first-order valence-corrected chi connectivity index (χ1v) is 28.6. The summed E-state index contributed by atoms with van der Waals surface area (Å²) in [6.07, 6.45) is 22.5. The van der Waals surface area contributed by atoms with Gasteiger partial charge in [0.15, 0.2) is 0 Å². The van der Waals surface area contributed by atoms with Crippen LogP contribution in [0.2, 0.25) is 0 Å². The summed E-state index contributed by atoms with van der Waals surface area (Å²) in [6, 6.07) is 0.0224. The van der Waals surface area contributed by atoms with Crippen LogP contribution in [-0.2, 0) is 42.6 Å². The van der Waals surface area contributed by atoms with Crippen molar-refractivity contribution in [3.8, 4) is 0 Å². The lowest BCUT2D eigenvalue weighted by atomic mass is 9.80. The fourth-order valence-corrected chi connectivity index (χ4v) is 13.5. The van der Waals surface area contributed by atoms with E-state index in [4.69, 9.17) is 74.0 Å². The first kappa shape index (κ1) is 60.3. The zero-order valence-electron chi connectivity index (χ0n) is 46.5. The first-order valence-electron chi connectivity index (χ1n) is 28.6. The highest BCUT2D eigenvalue weighted by Crippen LogP contribution is 2.50. The Morgan fingerprint density at radius 2 is 1.13 bits per heavy atom. The summed E-state index contributed by atoms with van der Waals surface area (Å²) in [5, 5.41) is 28.5. The Kier molecular flexibility index (Phi) is 20.9. The van der Waals surface area contributed by atoms with Crippen LogP contribution in [0, 0.1) is 38.1 Å². The number of nitrogens with zero attached hydrogens (tertiary/aromatic N) is 4. The van der Waals surface area contributed by atoms with Crippen molar-refractivity contribution in [1.82, 2.24) is 0 Å². The minimum atomic E-state index is -0.951. The van der Waals surface area contributed by atoms with Gasteiger partial charge in [0, 0.05) is 90.9 Å². The van der Waals surface area contributed by atoms with Crippen LogP contribution in [0.1, 0.15) is 151 Å². The largest absolute Gasteiger partial charge is 0.394 e. The second-order valence-electron chi connectivity index (χ2n) is 24.1. The van der Waals surface area contributed by atoms with Crippen molar-refractivity contribution in [2.45, 2.75) is 283 Å². The van der Waals surface area contributed by atoms with E-state index < -0.39 is 17.8 Å². The molecule has 0 aromatic carbocycles. The monoisotopic (exact) mass is 1060 g/mol. The standard InChI is InChI=1S/C17H25NO2.C15H21NO2.C14H23NO5.C14H21NO3/c1-6-12(3)15-11-17(7-2)16(19-15)9-8-14(20-17)10-13(4)18-5;1-10-6-7-15-9-13(10)17-14(15)5-4-12(18-15)8-11(2)16-3;1-9(15-2)5-10-3-4-13-14(8-17,20-10)6-12(19-13)11(18)7-16;1-9(15-3)6-11-4-5-13-14(18-11)7-12(17-13)10(2)16-8-14/h6-7,12-16H,1-2,8-11H2,3-4H3;6-7,10-14H,4-5,8-9H2,1-2H3;9-13,16-18H,3-8H2,1H3;9-13H,4-8H2,1-2H3/t12-,13-,14-,15-,16+,17+;10-,11-,12-,13-,14+,15+;9-,10-,11-,12-,13+,14-;9-,10+,11-,12-,13+,14-/m1111/s1. The van der Waals surface area contributed by atoms with Gasteiger partial charge in [-0.25, -0.2) is 26.3 Å². The number of hydrogen-bond donors (Lipinski definition) is 3. The van der Waals surface area contributed by atoms with Crippen molar-refractivity contribution in [1.29, 1.82) is 0 Å². The summed E-state index contributed by atoms with van der Waals surface area (Å²) in [7, 11) is 0. The molecule has 10 rings (SSSR count). The molecule has 0 saturated carbocycles. The van der Waals surface area contributed by atoms with E-state index in [0.29, 0.717) is 37.4 Å². The van der Waals surface area contributed by atoms with Gasteiger partial charge < -0.3 is 77.3 Å². The molecule has 0 radical (unpaired) electrons. The Labute approximate surface area is 454 Å². The van der Waals surface area contributed by atoms with Crippen LogP contribution < -0.4 is 0 Å². The van der Waals surface area contributed by atoms with Crippen molar-refractivity contribution in [3.63, 3.8) is 0 Å². The summed E-state index contributed by atoms with van der Waals surface area (Å²) in [4.78, 5) is 14.2. The lowest BCUT2D eigenvalue weighted by molar-refractivity contribution is -0.190. The van der Waals surface area contributed by atoms with E-state index in [9.17, 15) is 10.2 Å². The van der Waals surface area contributed by atoms with Crippen LogP contribution in [0.5, 0.6) is 0 Å². The lowest BCUT2D eigenvalue weighted by Crippen LogP contribution is -2.53. The number of hydrogen-bond acceptors (Lipinski definition) is 12. The molecule has 10 aliphatic rings. The molecule has 4 bridgehead atoms. The fraction of sp³-hybridized carbons (Fsp3) is 0.833. The van der Waals surface area contributed by atoms with Gasteiger partial charge in [0.1, 0.15) is 28.5 Å². The SMILES string of the molecule is [C-]#[N+][C@H](C)C[C@H]1CC[C@@H]2O[C@@H]([C@H](C)C=C)C[C@]2(C=C)O1.[C-]#[N+][C@H](C)C[C@H]1CC[C@@H]2O[C@@H]([C@H](O)CO)C[C@]2(CO)O1.[C-]#[N+][C@H](C)C[C@H]1CC[C@@H]2O[C@@H]3C[C@]2(C=C[C@H]3C)O1.[C-]#[N+][C@H](C)C[C@H]1CC[C@@H]2O[C@@H]3C[C@]2(CO[C@H]3C)O1. The van der Waals surface area contributed by atoms with E-state index in [1.54, 1.807) is 0 Å². The van der Waals surface area contributed by atoms with E-state index in [-0.39, 0.29) is 121 Å². The summed E-state index contributed by atoms with van der Waals surface area (Å²) in [5.74, 6) is 0.826. The molecule has 16 nitrogen and oxygen atoms in total. The average molecular weight is 1060 g/mol. The number of aliphatic hydroxyl groups is 3. The third kappa shape index (κ3) is 13.6. The smallest absolute Gasteiger partial charge is 0.223 e. The zero-order valence-corrected chi connectivity index (χ0v) is 46.5. The topological polar surface area (TPSA) is 161 Å². The highest BCUT2D eigenvalue weighted by molar-refractivity contribution is 5.20. The molecular formula is C60H90N4O12. The number of fused-ring (bicyclic) bond motifs is 4. The Bertz CT molecular complexity index is 2140. The normalized spacial score (nSPS) is 43.5. The molecule has 2 spiro atoms. The van der Waals surface area contributed by atoms with Gasteiger partial charge in [-0.3, -0.25) is 0 Å². The van der Waals surface area contributed by atoms with Gasteiger partial charge in [0.05, 0.1) is 99.2 Å². The van der Waals surface area contributed by atoms with Crippen LogP contribution in [0.15, 0.2) is 37.5 Å². The van der Waals surface area contributed by atoms with Crippen LogP contribution in [-0.4, -0.2) is 167 Å². The Hall–Kier alpha value is -3.30. The van der Waals surface area contributed by atoms with Crippen molar-refractivity contribution in [2.75, 3.05) is 19.8 Å². The molecule has 0 aromatic rings. The van der Waals surface area contributed by atoms with Gasteiger partial charge in [-0.05, 0) is 58.3 Å². The summed E-state index contributed by atoms with van der Waals surface area (Å²) >= 11 is 0.